The highest BCUT2D eigenvalue weighted by molar-refractivity contribution is 5.74. The molecule has 0 saturated heterocycles. The first-order chi connectivity index (χ1) is 6.09. The Bertz CT molecular complexity index is 256. The zero-order valence-electron chi connectivity index (χ0n) is 8.18. The standard InChI is InChI=1S/C10H16N2O/c1-7-4-10(6-11-5-7)8(2)12-9(3)13/h4,10-11H,2,5-6H2,1,3H3,(H,12,13). The van der Waals surface area contributed by atoms with E-state index >= 15 is 0 Å². The molecule has 0 aromatic heterocycles. The van der Waals surface area contributed by atoms with E-state index in [-0.39, 0.29) is 11.8 Å². The van der Waals surface area contributed by atoms with Gasteiger partial charge in [0, 0.05) is 31.6 Å². The van der Waals surface area contributed by atoms with Gasteiger partial charge in [-0.2, -0.15) is 0 Å². The van der Waals surface area contributed by atoms with Gasteiger partial charge in [-0.1, -0.05) is 18.2 Å². The van der Waals surface area contributed by atoms with Crippen molar-refractivity contribution in [3.05, 3.63) is 23.9 Å². The average Bonchev–Trinajstić information content (AvgIpc) is 2.03. The number of hydrogen-bond donors (Lipinski definition) is 2. The Balaban J connectivity index is 2.56. The molecule has 0 fully saturated rings. The van der Waals surface area contributed by atoms with E-state index < -0.39 is 0 Å². The highest BCUT2D eigenvalue weighted by Gasteiger charge is 2.14. The first kappa shape index (κ1) is 9.99. The second kappa shape index (κ2) is 4.23. The van der Waals surface area contributed by atoms with Crippen molar-refractivity contribution in [2.24, 2.45) is 5.92 Å². The summed E-state index contributed by atoms with van der Waals surface area (Å²) >= 11 is 0. The molecule has 1 heterocycles. The van der Waals surface area contributed by atoms with Gasteiger partial charge in [0.1, 0.15) is 0 Å². The highest BCUT2D eigenvalue weighted by Crippen LogP contribution is 2.13. The molecule has 0 aromatic carbocycles. The molecule has 1 unspecified atom stereocenters. The molecule has 0 spiro atoms. The third-order valence-corrected chi connectivity index (χ3v) is 2.04. The van der Waals surface area contributed by atoms with Crippen molar-refractivity contribution in [3.8, 4) is 0 Å². The van der Waals surface area contributed by atoms with Crippen LogP contribution >= 0.6 is 0 Å². The van der Waals surface area contributed by atoms with Crippen LogP contribution in [0.2, 0.25) is 0 Å². The molecular formula is C10H16N2O. The summed E-state index contributed by atoms with van der Waals surface area (Å²) < 4.78 is 0. The maximum atomic E-state index is 10.8. The van der Waals surface area contributed by atoms with Gasteiger partial charge >= 0.3 is 0 Å². The van der Waals surface area contributed by atoms with Crippen LogP contribution in [0.4, 0.5) is 0 Å². The largest absolute Gasteiger partial charge is 0.330 e. The Hall–Kier alpha value is -1.09. The quantitative estimate of drug-likeness (QED) is 0.617. The lowest BCUT2D eigenvalue weighted by Crippen LogP contribution is -2.34. The van der Waals surface area contributed by atoms with Crippen LogP contribution in [0, 0.1) is 5.92 Å². The van der Waals surface area contributed by atoms with Crippen LogP contribution in [-0.4, -0.2) is 19.0 Å². The molecule has 3 heteroatoms. The summed E-state index contributed by atoms with van der Waals surface area (Å²) in [6, 6.07) is 0. The summed E-state index contributed by atoms with van der Waals surface area (Å²) in [5, 5.41) is 5.97. The first-order valence-electron chi connectivity index (χ1n) is 4.44. The zero-order valence-corrected chi connectivity index (χ0v) is 8.18. The summed E-state index contributed by atoms with van der Waals surface area (Å²) in [7, 11) is 0. The van der Waals surface area contributed by atoms with Gasteiger partial charge in [0.25, 0.3) is 0 Å². The summed E-state index contributed by atoms with van der Waals surface area (Å²) in [5.74, 6) is 0.180. The minimum atomic E-state index is -0.0540. The van der Waals surface area contributed by atoms with Crippen LogP contribution in [0.5, 0.6) is 0 Å². The maximum absolute atomic E-state index is 10.8. The summed E-state index contributed by atoms with van der Waals surface area (Å²) in [6.07, 6.45) is 2.15. The second-order valence-corrected chi connectivity index (χ2v) is 3.46. The van der Waals surface area contributed by atoms with Crippen LogP contribution in [0.1, 0.15) is 13.8 Å². The van der Waals surface area contributed by atoms with Crippen molar-refractivity contribution in [2.45, 2.75) is 13.8 Å². The fourth-order valence-electron chi connectivity index (χ4n) is 1.43. The summed E-state index contributed by atoms with van der Waals surface area (Å²) in [6.45, 7) is 9.20. The molecule has 1 aliphatic heterocycles. The third-order valence-electron chi connectivity index (χ3n) is 2.04. The third kappa shape index (κ3) is 3.03. The van der Waals surface area contributed by atoms with Gasteiger partial charge in [-0.3, -0.25) is 4.79 Å². The number of carbonyl (C=O) groups excluding carboxylic acids is 1. The molecule has 0 radical (unpaired) electrons. The Morgan fingerprint density at radius 3 is 3.00 bits per heavy atom. The van der Waals surface area contributed by atoms with Gasteiger partial charge in [-0.05, 0) is 6.92 Å². The molecule has 0 aromatic rings. The molecule has 0 bridgehead atoms. The van der Waals surface area contributed by atoms with Crippen LogP contribution in [0.25, 0.3) is 0 Å². The topological polar surface area (TPSA) is 41.1 Å². The van der Waals surface area contributed by atoms with Crippen LogP contribution in [-0.2, 0) is 4.79 Å². The van der Waals surface area contributed by atoms with E-state index in [1.165, 1.54) is 12.5 Å². The Kier molecular flexibility index (Phi) is 3.25. The Morgan fingerprint density at radius 1 is 1.77 bits per heavy atom. The van der Waals surface area contributed by atoms with Crippen molar-refractivity contribution < 1.29 is 4.79 Å². The van der Waals surface area contributed by atoms with Gasteiger partial charge in [-0.25, -0.2) is 0 Å². The number of nitrogens with one attached hydrogen (secondary N) is 2. The highest BCUT2D eigenvalue weighted by atomic mass is 16.1. The normalized spacial score (nSPS) is 22.0. The van der Waals surface area contributed by atoms with Crippen molar-refractivity contribution in [3.63, 3.8) is 0 Å². The van der Waals surface area contributed by atoms with E-state index in [2.05, 4.69) is 30.2 Å². The van der Waals surface area contributed by atoms with Crippen LogP contribution in [0.3, 0.4) is 0 Å². The monoisotopic (exact) mass is 180 g/mol. The van der Waals surface area contributed by atoms with Crippen molar-refractivity contribution >= 4 is 5.91 Å². The van der Waals surface area contributed by atoms with Crippen LogP contribution < -0.4 is 10.6 Å². The molecule has 0 saturated carbocycles. The Labute approximate surface area is 78.9 Å². The van der Waals surface area contributed by atoms with E-state index in [4.69, 9.17) is 0 Å². The van der Waals surface area contributed by atoms with E-state index in [0.29, 0.717) is 0 Å². The van der Waals surface area contributed by atoms with Gasteiger partial charge < -0.3 is 10.6 Å². The van der Waals surface area contributed by atoms with E-state index in [1.54, 1.807) is 0 Å². The molecule has 1 atom stereocenters. The maximum Gasteiger partial charge on any atom is 0.220 e. The molecule has 1 rings (SSSR count). The van der Waals surface area contributed by atoms with Crippen molar-refractivity contribution in [1.29, 1.82) is 0 Å². The molecular weight excluding hydrogens is 164 g/mol. The average molecular weight is 180 g/mol. The fraction of sp³-hybridized carbons (Fsp3) is 0.500. The van der Waals surface area contributed by atoms with Gasteiger partial charge in [0.15, 0.2) is 0 Å². The number of rotatable bonds is 2. The lowest BCUT2D eigenvalue weighted by Gasteiger charge is -2.22. The lowest BCUT2D eigenvalue weighted by molar-refractivity contribution is -0.118. The smallest absolute Gasteiger partial charge is 0.220 e. The number of hydrogen-bond acceptors (Lipinski definition) is 2. The fourth-order valence-corrected chi connectivity index (χ4v) is 1.43. The van der Waals surface area contributed by atoms with E-state index in [9.17, 15) is 4.79 Å². The molecule has 1 aliphatic rings. The summed E-state index contributed by atoms with van der Waals surface area (Å²) in [5.41, 5.74) is 2.07. The SMILES string of the molecule is C=C(NC(C)=O)C1C=C(C)CNC1. The number of amides is 1. The molecule has 1 amide bonds. The molecule has 72 valence electrons. The lowest BCUT2D eigenvalue weighted by atomic mass is 9.99. The molecule has 13 heavy (non-hydrogen) atoms. The predicted molar refractivity (Wildman–Crippen MR) is 53.1 cm³/mol. The first-order valence-corrected chi connectivity index (χ1v) is 4.44. The van der Waals surface area contributed by atoms with Gasteiger partial charge in [-0.15, -0.1) is 0 Å². The minimum absolute atomic E-state index is 0.0540. The van der Waals surface area contributed by atoms with E-state index in [1.807, 2.05) is 0 Å². The second-order valence-electron chi connectivity index (χ2n) is 3.46. The molecule has 3 nitrogen and oxygen atoms in total. The minimum Gasteiger partial charge on any atom is -0.330 e. The Morgan fingerprint density at radius 2 is 2.46 bits per heavy atom. The van der Waals surface area contributed by atoms with Crippen molar-refractivity contribution in [2.75, 3.05) is 13.1 Å². The van der Waals surface area contributed by atoms with Gasteiger partial charge in [0.2, 0.25) is 5.91 Å². The van der Waals surface area contributed by atoms with Crippen molar-refractivity contribution in [1.82, 2.24) is 10.6 Å². The van der Waals surface area contributed by atoms with E-state index in [0.717, 1.165) is 18.8 Å². The van der Waals surface area contributed by atoms with Gasteiger partial charge in [0.05, 0.1) is 0 Å². The molecule has 0 aliphatic carbocycles. The zero-order chi connectivity index (χ0) is 9.84. The molecule has 2 N–H and O–H groups in total. The predicted octanol–water partition coefficient (Wildman–Crippen LogP) is 0.802. The summed E-state index contributed by atoms with van der Waals surface area (Å²) in [4.78, 5) is 10.8. The van der Waals surface area contributed by atoms with Crippen LogP contribution in [0.15, 0.2) is 23.9 Å². The number of carbonyl (C=O) groups is 1.